The van der Waals surface area contributed by atoms with E-state index >= 15 is 0 Å². The molecule has 0 amide bonds. The van der Waals surface area contributed by atoms with Crippen molar-refractivity contribution in [3.8, 4) is 0 Å². The molecule has 0 atom stereocenters. The largest absolute Gasteiger partial charge is 0.468 e. The molecule has 2 aromatic rings. The van der Waals surface area contributed by atoms with Crippen molar-refractivity contribution in [3.05, 3.63) is 48.5 Å². The molecule has 0 spiro atoms. The molecular formula is C14H16N4O6. The summed E-state index contributed by atoms with van der Waals surface area (Å²) in [6.45, 7) is 3.20. The fourth-order valence-electron chi connectivity index (χ4n) is 2.17. The van der Waals surface area contributed by atoms with Crippen LogP contribution in [0, 0.1) is 10.1 Å². The van der Waals surface area contributed by atoms with Gasteiger partial charge >= 0.3 is 17.1 Å². The molecule has 1 aromatic carbocycles. The van der Waals surface area contributed by atoms with Crippen LogP contribution >= 0.6 is 0 Å². The Morgan fingerprint density at radius 3 is 2.50 bits per heavy atom. The van der Waals surface area contributed by atoms with Gasteiger partial charge in [0.15, 0.2) is 0 Å². The first kappa shape index (κ1) is 17.3. The number of ether oxygens (including phenoxy) is 1. The van der Waals surface area contributed by atoms with Crippen molar-refractivity contribution in [2.24, 2.45) is 0 Å². The van der Waals surface area contributed by atoms with Crippen molar-refractivity contribution >= 4 is 22.7 Å². The Morgan fingerprint density at radius 1 is 1.29 bits per heavy atom. The average Bonchev–Trinajstić information content (AvgIpc) is 2.52. The fraction of sp³-hybridized carbons (Fsp3) is 0.357. The van der Waals surface area contributed by atoms with Crippen LogP contribution in [0.4, 0.5) is 5.69 Å². The molecule has 2 rings (SSSR count). The van der Waals surface area contributed by atoms with Gasteiger partial charge < -0.3 is 14.7 Å². The highest BCUT2D eigenvalue weighted by molar-refractivity contribution is 5.81. The monoisotopic (exact) mass is 336 g/mol. The standard InChI is InChI=1S/C14H16N4O6/c1-14(2,13(21)24-3)15-6-7-4-8(18(22)23)5-9-10(7)17-12(20)11(19)16-9/h4-5,15H,6H2,1-3H3,(H,16,19)(H,17,20). The summed E-state index contributed by atoms with van der Waals surface area (Å²) in [5.74, 6) is -0.515. The lowest BCUT2D eigenvalue weighted by atomic mass is 10.0. The number of nitrogens with one attached hydrogen (secondary N) is 3. The number of fused-ring (bicyclic) bond motifs is 1. The fourth-order valence-corrected chi connectivity index (χ4v) is 2.17. The highest BCUT2D eigenvalue weighted by Crippen LogP contribution is 2.22. The molecule has 0 saturated heterocycles. The van der Waals surface area contributed by atoms with E-state index in [0.717, 1.165) is 6.07 Å². The van der Waals surface area contributed by atoms with Gasteiger partial charge in [0, 0.05) is 18.7 Å². The zero-order valence-corrected chi connectivity index (χ0v) is 13.3. The first-order valence-electron chi connectivity index (χ1n) is 6.93. The minimum absolute atomic E-state index is 0.0300. The van der Waals surface area contributed by atoms with Gasteiger partial charge in [-0.05, 0) is 19.4 Å². The number of benzene rings is 1. The number of nitrogens with zero attached hydrogens (tertiary/aromatic N) is 1. The smallest absolute Gasteiger partial charge is 0.325 e. The lowest BCUT2D eigenvalue weighted by Crippen LogP contribution is -2.47. The van der Waals surface area contributed by atoms with Gasteiger partial charge in [-0.15, -0.1) is 0 Å². The van der Waals surface area contributed by atoms with Gasteiger partial charge in [0.05, 0.1) is 23.1 Å². The molecule has 0 bridgehead atoms. The molecule has 0 aliphatic rings. The number of nitro benzene ring substituents is 1. The predicted molar refractivity (Wildman–Crippen MR) is 84.8 cm³/mol. The zero-order valence-electron chi connectivity index (χ0n) is 13.3. The Morgan fingerprint density at radius 2 is 1.92 bits per heavy atom. The number of hydrogen-bond acceptors (Lipinski definition) is 7. The number of rotatable bonds is 5. The van der Waals surface area contributed by atoms with Gasteiger partial charge in [-0.1, -0.05) is 0 Å². The molecule has 0 radical (unpaired) electrons. The van der Waals surface area contributed by atoms with Gasteiger partial charge in [-0.3, -0.25) is 29.8 Å². The highest BCUT2D eigenvalue weighted by Gasteiger charge is 2.28. The number of aromatic nitrogens is 2. The first-order chi connectivity index (χ1) is 11.2. The molecule has 0 saturated carbocycles. The van der Waals surface area contributed by atoms with E-state index in [0.29, 0.717) is 5.56 Å². The van der Waals surface area contributed by atoms with Crippen molar-refractivity contribution in [2.75, 3.05) is 7.11 Å². The van der Waals surface area contributed by atoms with Crippen LogP contribution < -0.4 is 16.4 Å². The molecule has 0 unspecified atom stereocenters. The van der Waals surface area contributed by atoms with Gasteiger partial charge in [-0.2, -0.15) is 0 Å². The molecule has 1 aromatic heterocycles. The number of carbonyl (C=O) groups excluding carboxylic acids is 1. The average molecular weight is 336 g/mol. The van der Waals surface area contributed by atoms with Crippen LogP contribution in [0.1, 0.15) is 19.4 Å². The van der Waals surface area contributed by atoms with E-state index in [1.807, 2.05) is 0 Å². The number of nitro groups is 1. The SMILES string of the molecule is COC(=O)C(C)(C)NCc1cc([N+](=O)[O-])cc2[nH]c(=O)c(=O)[nH]c12. The zero-order chi connectivity index (χ0) is 18.1. The molecule has 0 fully saturated rings. The summed E-state index contributed by atoms with van der Waals surface area (Å²) < 4.78 is 4.67. The Bertz CT molecular complexity index is 927. The van der Waals surface area contributed by atoms with Crippen LogP contribution in [0.25, 0.3) is 11.0 Å². The second kappa shape index (κ2) is 6.24. The van der Waals surface area contributed by atoms with E-state index in [2.05, 4.69) is 20.0 Å². The number of non-ortho nitro benzene ring substituents is 1. The maximum atomic E-state index is 11.7. The van der Waals surface area contributed by atoms with Crippen LogP contribution in [0.15, 0.2) is 21.7 Å². The van der Waals surface area contributed by atoms with Crippen LogP contribution in [0.3, 0.4) is 0 Å². The quantitative estimate of drug-likeness (QED) is 0.305. The minimum Gasteiger partial charge on any atom is -0.468 e. The maximum Gasteiger partial charge on any atom is 0.325 e. The Kier molecular flexibility index (Phi) is 4.51. The number of hydrogen-bond donors (Lipinski definition) is 3. The second-order valence-corrected chi connectivity index (χ2v) is 5.66. The lowest BCUT2D eigenvalue weighted by molar-refractivity contribution is -0.384. The Hall–Kier alpha value is -3.01. The van der Waals surface area contributed by atoms with E-state index in [-0.39, 0.29) is 23.3 Å². The predicted octanol–water partition coefficient (Wildman–Crippen LogP) is 0.166. The first-order valence-corrected chi connectivity index (χ1v) is 6.93. The maximum absolute atomic E-state index is 11.7. The second-order valence-electron chi connectivity index (χ2n) is 5.66. The van der Waals surface area contributed by atoms with Crippen molar-refractivity contribution in [1.82, 2.24) is 15.3 Å². The van der Waals surface area contributed by atoms with E-state index in [9.17, 15) is 24.5 Å². The highest BCUT2D eigenvalue weighted by atomic mass is 16.6. The lowest BCUT2D eigenvalue weighted by Gasteiger charge is -2.23. The molecule has 24 heavy (non-hydrogen) atoms. The van der Waals surface area contributed by atoms with Crippen LogP contribution in [0.2, 0.25) is 0 Å². The van der Waals surface area contributed by atoms with Gasteiger partial charge in [0.2, 0.25) is 0 Å². The van der Waals surface area contributed by atoms with Crippen LogP contribution in [-0.2, 0) is 16.1 Å². The van der Waals surface area contributed by atoms with Crippen molar-refractivity contribution < 1.29 is 14.5 Å². The normalized spacial score (nSPS) is 11.5. The van der Waals surface area contributed by atoms with Crippen molar-refractivity contribution in [2.45, 2.75) is 25.9 Å². The summed E-state index contributed by atoms with van der Waals surface area (Å²) >= 11 is 0. The molecular weight excluding hydrogens is 320 g/mol. The topological polar surface area (TPSA) is 147 Å². The molecule has 128 valence electrons. The number of H-pyrrole nitrogens is 2. The van der Waals surface area contributed by atoms with E-state index in [1.54, 1.807) is 13.8 Å². The van der Waals surface area contributed by atoms with E-state index in [4.69, 9.17) is 0 Å². The van der Waals surface area contributed by atoms with Crippen molar-refractivity contribution in [3.63, 3.8) is 0 Å². The third-order valence-corrected chi connectivity index (χ3v) is 3.53. The summed E-state index contributed by atoms with van der Waals surface area (Å²) in [6, 6.07) is 2.42. The Balaban J connectivity index is 2.53. The summed E-state index contributed by atoms with van der Waals surface area (Å²) in [5.41, 5.74) is -2.35. The van der Waals surface area contributed by atoms with E-state index < -0.39 is 27.6 Å². The summed E-state index contributed by atoms with van der Waals surface area (Å²) in [6.07, 6.45) is 0. The van der Waals surface area contributed by atoms with Crippen molar-refractivity contribution in [1.29, 1.82) is 0 Å². The minimum atomic E-state index is -1.05. The molecule has 1 heterocycles. The summed E-state index contributed by atoms with van der Waals surface area (Å²) in [5, 5.41) is 14.0. The molecule has 10 heteroatoms. The third-order valence-electron chi connectivity index (χ3n) is 3.53. The molecule has 3 N–H and O–H groups in total. The number of aromatic amines is 2. The summed E-state index contributed by atoms with van der Waals surface area (Å²) in [7, 11) is 1.25. The number of methoxy groups -OCH3 is 1. The third kappa shape index (κ3) is 3.33. The van der Waals surface area contributed by atoms with Gasteiger partial charge in [-0.25, -0.2) is 0 Å². The van der Waals surface area contributed by atoms with E-state index in [1.165, 1.54) is 13.2 Å². The van der Waals surface area contributed by atoms with Crippen LogP contribution in [-0.4, -0.2) is 33.5 Å². The molecule has 0 aliphatic heterocycles. The van der Waals surface area contributed by atoms with Crippen LogP contribution in [0.5, 0.6) is 0 Å². The molecule has 10 nitrogen and oxygen atoms in total. The Labute approximate surface area is 135 Å². The number of esters is 1. The summed E-state index contributed by atoms with van der Waals surface area (Å²) in [4.78, 5) is 49.8. The molecule has 0 aliphatic carbocycles. The number of carbonyl (C=O) groups is 1. The van der Waals surface area contributed by atoms with Gasteiger partial charge in [0.1, 0.15) is 5.54 Å². The van der Waals surface area contributed by atoms with Gasteiger partial charge in [0.25, 0.3) is 5.69 Å².